The molecule has 1 fully saturated rings. The quantitative estimate of drug-likeness (QED) is 0.456. The van der Waals surface area contributed by atoms with Crippen LogP contribution in [0.15, 0.2) is 60.2 Å². The summed E-state index contributed by atoms with van der Waals surface area (Å²) in [6.45, 7) is 2.04. The Kier molecular flexibility index (Phi) is 5.59. The molecule has 0 radical (unpaired) electrons. The van der Waals surface area contributed by atoms with E-state index in [0.717, 1.165) is 5.56 Å². The molecule has 144 valence electrons. The van der Waals surface area contributed by atoms with Gasteiger partial charge < -0.3 is 15.1 Å². The Balaban J connectivity index is 2.08. The molecule has 1 saturated heterocycles. The zero-order valence-corrected chi connectivity index (χ0v) is 15.5. The van der Waals surface area contributed by atoms with Gasteiger partial charge in [0.15, 0.2) is 0 Å². The third kappa shape index (κ3) is 3.81. The number of carbonyl (C=O) groups is 3. The molecule has 1 atom stereocenters. The number of aryl methyl sites for hydroxylation is 1. The molecule has 0 bridgehead atoms. The predicted molar refractivity (Wildman–Crippen MR) is 104 cm³/mol. The molecule has 0 aromatic heterocycles. The third-order valence-electron chi connectivity index (χ3n) is 4.77. The number of benzene rings is 2. The van der Waals surface area contributed by atoms with Crippen LogP contribution < -0.4 is 0 Å². The van der Waals surface area contributed by atoms with Crippen LogP contribution in [-0.2, 0) is 14.4 Å². The Bertz CT molecular complexity index is 931. The molecule has 6 heteroatoms. The van der Waals surface area contributed by atoms with E-state index in [1.807, 2.05) is 31.2 Å². The molecule has 1 amide bonds. The normalized spacial score (nSPS) is 18.5. The van der Waals surface area contributed by atoms with E-state index in [4.69, 9.17) is 5.11 Å². The van der Waals surface area contributed by atoms with Crippen molar-refractivity contribution in [3.8, 4) is 0 Å². The van der Waals surface area contributed by atoms with Crippen LogP contribution in [0.4, 0.5) is 0 Å². The topological polar surface area (TPSA) is 94.9 Å². The van der Waals surface area contributed by atoms with Gasteiger partial charge in [0, 0.05) is 18.5 Å². The second-order valence-electron chi connectivity index (χ2n) is 6.77. The van der Waals surface area contributed by atoms with Gasteiger partial charge in [0.25, 0.3) is 11.7 Å². The average Bonchev–Trinajstić information content (AvgIpc) is 2.93. The van der Waals surface area contributed by atoms with Gasteiger partial charge in [-0.2, -0.15) is 0 Å². The van der Waals surface area contributed by atoms with Gasteiger partial charge in [-0.15, -0.1) is 0 Å². The summed E-state index contributed by atoms with van der Waals surface area (Å²) in [4.78, 5) is 37.6. The van der Waals surface area contributed by atoms with Crippen molar-refractivity contribution in [3.05, 3.63) is 76.9 Å². The van der Waals surface area contributed by atoms with Crippen LogP contribution in [-0.4, -0.2) is 39.3 Å². The maximum absolute atomic E-state index is 12.8. The van der Waals surface area contributed by atoms with Gasteiger partial charge in [-0.25, -0.2) is 0 Å². The van der Waals surface area contributed by atoms with Gasteiger partial charge in [-0.05, 0) is 18.9 Å². The largest absolute Gasteiger partial charge is 0.507 e. The number of ketones is 1. The molecule has 2 aromatic carbocycles. The number of aliphatic hydroxyl groups excluding tert-OH is 1. The van der Waals surface area contributed by atoms with E-state index < -0.39 is 23.7 Å². The minimum absolute atomic E-state index is 0.0235. The lowest BCUT2D eigenvalue weighted by Crippen LogP contribution is -2.31. The van der Waals surface area contributed by atoms with Crippen molar-refractivity contribution >= 4 is 23.4 Å². The van der Waals surface area contributed by atoms with Gasteiger partial charge in [0.05, 0.1) is 11.6 Å². The number of amides is 1. The summed E-state index contributed by atoms with van der Waals surface area (Å²) in [7, 11) is 0. The molecule has 1 unspecified atom stereocenters. The predicted octanol–water partition coefficient (Wildman–Crippen LogP) is 3.28. The number of rotatable bonds is 6. The number of Topliss-reactive ketones (excluding diaryl/α,β-unsaturated/α-hetero) is 1. The van der Waals surface area contributed by atoms with E-state index in [1.54, 1.807) is 30.3 Å². The number of nitrogens with zero attached hydrogens (tertiary/aromatic N) is 1. The zero-order valence-electron chi connectivity index (χ0n) is 15.5. The number of aliphatic hydroxyl groups is 1. The lowest BCUT2D eigenvalue weighted by atomic mass is 9.94. The van der Waals surface area contributed by atoms with E-state index in [-0.39, 0.29) is 30.7 Å². The second kappa shape index (κ2) is 8.08. The summed E-state index contributed by atoms with van der Waals surface area (Å²) < 4.78 is 0. The molecule has 0 saturated carbocycles. The molecule has 1 aliphatic heterocycles. The first-order valence-corrected chi connectivity index (χ1v) is 9.02. The fourth-order valence-electron chi connectivity index (χ4n) is 3.36. The first-order valence-electron chi connectivity index (χ1n) is 9.02. The highest BCUT2D eigenvalue weighted by Gasteiger charge is 2.45. The van der Waals surface area contributed by atoms with Gasteiger partial charge in [0.2, 0.25) is 0 Å². The van der Waals surface area contributed by atoms with Crippen LogP contribution in [0.2, 0.25) is 0 Å². The fraction of sp³-hybridized carbons (Fsp3) is 0.227. The van der Waals surface area contributed by atoms with Crippen LogP contribution in [0, 0.1) is 6.92 Å². The highest BCUT2D eigenvalue weighted by atomic mass is 16.4. The van der Waals surface area contributed by atoms with E-state index in [9.17, 15) is 19.5 Å². The minimum atomic E-state index is -0.965. The van der Waals surface area contributed by atoms with Crippen molar-refractivity contribution in [3.63, 3.8) is 0 Å². The zero-order chi connectivity index (χ0) is 20.3. The molecule has 28 heavy (non-hydrogen) atoms. The van der Waals surface area contributed by atoms with E-state index in [2.05, 4.69) is 0 Å². The lowest BCUT2D eigenvalue weighted by Gasteiger charge is -2.25. The average molecular weight is 379 g/mol. The molecule has 3 rings (SSSR count). The summed E-state index contributed by atoms with van der Waals surface area (Å²) in [5, 5.41) is 19.7. The van der Waals surface area contributed by atoms with Crippen molar-refractivity contribution in [1.29, 1.82) is 0 Å². The number of carbonyl (C=O) groups excluding carboxylic acids is 2. The Hall–Kier alpha value is -3.41. The molecular formula is C22H21NO5. The third-order valence-corrected chi connectivity index (χ3v) is 4.77. The number of likely N-dealkylation sites (tertiary alicyclic amines) is 1. The van der Waals surface area contributed by atoms with Crippen molar-refractivity contribution < 1.29 is 24.6 Å². The molecule has 1 aliphatic rings. The van der Waals surface area contributed by atoms with E-state index in [0.29, 0.717) is 11.1 Å². The van der Waals surface area contributed by atoms with Crippen molar-refractivity contribution in [2.75, 3.05) is 6.54 Å². The van der Waals surface area contributed by atoms with Crippen LogP contribution in [0.25, 0.3) is 5.76 Å². The Morgan fingerprint density at radius 3 is 2.25 bits per heavy atom. The summed E-state index contributed by atoms with van der Waals surface area (Å²) in [6.07, 6.45) is 0.110. The minimum Gasteiger partial charge on any atom is -0.507 e. The van der Waals surface area contributed by atoms with Crippen molar-refractivity contribution in [1.82, 2.24) is 4.90 Å². The van der Waals surface area contributed by atoms with Gasteiger partial charge in [0.1, 0.15) is 5.76 Å². The first kappa shape index (κ1) is 19.4. The van der Waals surface area contributed by atoms with E-state index >= 15 is 0 Å². The number of aliphatic carboxylic acids is 1. The number of hydrogen-bond donors (Lipinski definition) is 2. The smallest absolute Gasteiger partial charge is 0.303 e. The fourth-order valence-corrected chi connectivity index (χ4v) is 3.36. The number of carboxylic acids is 1. The second-order valence-corrected chi connectivity index (χ2v) is 6.77. The number of hydrogen-bond acceptors (Lipinski definition) is 4. The molecule has 2 N–H and O–H groups in total. The Morgan fingerprint density at radius 1 is 1.00 bits per heavy atom. The Labute approximate surface area is 162 Å². The van der Waals surface area contributed by atoms with Crippen LogP contribution in [0.3, 0.4) is 0 Å². The maximum Gasteiger partial charge on any atom is 0.303 e. The molecule has 2 aromatic rings. The summed E-state index contributed by atoms with van der Waals surface area (Å²) in [5.41, 5.74) is 2.19. The van der Waals surface area contributed by atoms with Gasteiger partial charge in [-0.1, -0.05) is 60.2 Å². The highest BCUT2D eigenvalue weighted by molar-refractivity contribution is 6.46. The van der Waals surface area contributed by atoms with Gasteiger partial charge >= 0.3 is 5.97 Å². The van der Waals surface area contributed by atoms with Crippen LogP contribution in [0.5, 0.6) is 0 Å². The molecule has 6 nitrogen and oxygen atoms in total. The SMILES string of the molecule is Cc1ccc(C2/C(=C(/O)c3ccccc3)C(=O)C(=O)N2CCCC(=O)O)cc1. The lowest BCUT2D eigenvalue weighted by molar-refractivity contribution is -0.140. The molecule has 0 spiro atoms. The highest BCUT2D eigenvalue weighted by Crippen LogP contribution is 2.39. The summed E-state index contributed by atoms with van der Waals surface area (Å²) >= 11 is 0. The molecule has 1 heterocycles. The van der Waals surface area contributed by atoms with Crippen LogP contribution in [0.1, 0.15) is 35.6 Å². The monoisotopic (exact) mass is 379 g/mol. The maximum atomic E-state index is 12.8. The summed E-state index contributed by atoms with van der Waals surface area (Å²) in [6, 6.07) is 15.2. The van der Waals surface area contributed by atoms with Crippen molar-refractivity contribution in [2.45, 2.75) is 25.8 Å². The molecule has 0 aliphatic carbocycles. The molecular weight excluding hydrogens is 358 g/mol. The summed E-state index contributed by atoms with van der Waals surface area (Å²) in [5.74, 6) is -2.69. The van der Waals surface area contributed by atoms with Crippen LogP contribution >= 0.6 is 0 Å². The Morgan fingerprint density at radius 2 is 1.64 bits per heavy atom. The van der Waals surface area contributed by atoms with Gasteiger partial charge in [-0.3, -0.25) is 14.4 Å². The standard InChI is InChI=1S/C22H21NO5/c1-14-9-11-15(12-10-14)19-18(20(26)16-6-3-2-4-7-16)21(27)22(28)23(19)13-5-8-17(24)25/h2-4,6-7,9-12,19,26H,5,8,13H2,1H3,(H,24,25)/b20-18-. The number of carboxylic acid groups (broad SMARTS) is 1. The van der Waals surface area contributed by atoms with Crippen molar-refractivity contribution in [2.24, 2.45) is 0 Å². The van der Waals surface area contributed by atoms with E-state index in [1.165, 1.54) is 4.90 Å². The first-order chi connectivity index (χ1) is 13.4.